The van der Waals surface area contributed by atoms with E-state index in [0.29, 0.717) is 36.8 Å². The summed E-state index contributed by atoms with van der Waals surface area (Å²) < 4.78 is 5.72. The third-order valence-electron chi connectivity index (χ3n) is 4.74. The molecule has 0 spiro atoms. The lowest BCUT2D eigenvalue weighted by atomic mass is 9.98. The second kappa shape index (κ2) is 11.8. The number of urea groups is 1. The predicted octanol–water partition coefficient (Wildman–Crippen LogP) is 4.50. The lowest BCUT2D eigenvalue weighted by molar-refractivity contribution is -0.136. The van der Waals surface area contributed by atoms with Gasteiger partial charge in [-0.2, -0.15) is 0 Å². The zero-order valence-electron chi connectivity index (χ0n) is 18.0. The third kappa shape index (κ3) is 6.47. The first kappa shape index (κ1) is 23.2. The fraction of sp³-hybridized carbons (Fsp3) is 0.435. The highest BCUT2D eigenvalue weighted by molar-refractivity contribution is 5.90. The summed E-state index contributed by atoms with van der Waals surface area (Å²) in [4.78, 5) is 29.7. The van der Waals surface area contributed by atoms with Crippen molar-refractivity contribution in [2.45, 2.75) is 46.0 Å². The maximum Gasteiger partial charge on any atom is 0.322 e. The number of carbonyl (C=O) groups is 2. The third-order valence-corrected chi connectivity index (χ3v) is 4.74. The number of pyridine rings is 1. The number of hydrogen-bond donors (Lipinski definition) is 2. The van der Waals surface area contributed by atoms with Crippen LogP contribution >= 0.6 is 0 Å². The molecule has 0 saturated heterocycles. The van der Waals surface area contributed by atoms with E-state index < -0.39 is 5.97 Å². The molecule has 0 unspecified atom stereocenters. The molecular formula is C23H31N3O4. The van der Waals surface area contributed by atoms with Gasteiger partial charge in [-0.05, 0) is 38.0 Å². The number of carbonyl (C=O) groups excluding carboxylic acids is 1. The first-order valence-corrected chi connectivity index (χ1v) is 10.4. The van der Waals surface area contributed by atoms with E-state index >= 15 is 0 Å². The molecule has 0 bridgehead atoms. The number of anilines is 1. The molecule has 0 saturated carbocycles. The van der Waals surface area contributed by atoms with Crippen molar-refractivity contribution in [2.24, 2.45) is 0 Å². The van der Waals surface area contributed by atoms with Gasteiger partial charge in [0.05, 0.1) is 12.3 Å². The molecule has 2 rings (SSSR count). The van der Waals surface area contributed by atoms with Crippen molar-refractivity contribution >= 4 is 17.8 Å². The van der Waals surface area contributed by atoms with Crippen LogP contribution in [0, 0.1) is 0 Å². The standard InChI is InChI=1S/C23H31N3O4/c1-4-6-7-16-24-23(29)26(3)21-13-9-11-19(25-21)17-10-8-12-20(30-5-2)18(17)14-15-22(27)28/h8-13H,4-7,14-16H2,1-3H3,(H,24,29)(H,27,28). The molecule has 7 heteroatoms. The van der Waals surface area contributed by atoms with Crippen LogP contribution in [-0.4, -0.2) is 42.3 Å². The molecule has 0 atom stereocenters. The van der Waals surface area contributed by atoms with Crippen LogP contribution in [0.4, 0.5) is 10.6 Å². The van der Waals surface area contributed by atoms with Gasteiger partial charge in [0.1, 0.15) is 11.6 Å². The minimum absolute atomic E-state index is 0.00313. The number of nitrogens with one attached hydrogen (secondary N) is 1. The molecule has 0 aliphatic carbocycles. The maximum atomic E-state index is 12.4. The molecule has 30 heavy (non-hydrogen) atoms. The predicted molar refractivity (Wildman–Crippen MR) is 118 cm³/mol. The number of hydrogen-bond acceptors (Lipinski definition) is 4. The van der Waals surface area contributed by atoms with Crippen molar-refractivity contribution in [3.8, 4) is 17.0 Å². The molecule has 2 aromatic rings. The maximum absolute atomic E-state index is 12.4. The summed E-state index contributed by atoms with van der Waals surface area (Å²) in [6.45, 7) is 5.12. The molecular weight excluding hydrogens is 382 g/mol. The SMILES string of the molecule is CCCCCNC(=O)N(C)c1cccc(-c2cccc(OCC)c2CCC(=O)O)n1. The normalized spacial score (nSPS) is 10.5. The van der Waals surface area contributed by atoms with E-state index in [4.69, 9.17) is 9.84 Å². The Labute approximate surface area is 178 Å². The number of unbranched alkanes of at least 4 members (excludes halogenated alkanes) is 2. The van der Waals surface area contributed by atoms with Crippen molar-refractivity contribution in [3.63, 3.8) is 0 Å². The van der Waals surface area contributed by atoms with Gasteiger partial charge < -0.3 is 15.2 Å². The van der Waals surface area contributed by atoms with Crippen LogP contribution in [0.1, 0.15) is 45.1 Å². The average molecular weight is 414 g/mol. The highest BCUT2D eigenvalue weighted by Crippen LogP contribution is 2.32. The zero-order valence-corrected chi connectivity index (χ0v) is 18.0. The van der Waals surface area contributed by atoms with Gasteiger partial charge >= 0.3 is 12.0 Å². The minimum atomic E-state index is -0.867. The Morgan fingerprint density at radius 3 is 2.60 bits per heavy atom. The number of aliphatic carboxylic acids is 1. The van der Waals surface area contributed by atoms with E-state index in [2.05, 4.69) is 17.2 Å². The van der Waals surface area contributed by atoms with Crippen LogP contribution in [0.25, 0.3) is 11.3 Å². The summed E-state index contributed by atoms with van der Waals surface area (Å²) in [6, 6.07) is 10.9. The molecule has 1 heterocycles. The summed E-state index contributed by atoms with van der Waals surface area (Å²) >= 11 is 0. The van der Waals surface area contributed by atoms with E-state index in [1.807, 2.05) is 37.3 Å². The van der Waals surface area contributed by atoms with Crippen molar-refractivity contribution in [3.05, 3.63) is 42.0 Å². The van der Waals surface area contributed by atoms with Crippen LogP contribution in [-0.2, 0) is 11.2 Å². The van der Waals surface area contributed by atoms with Crippen LogP contribution in [0.2, 0.25) is 0 Å². The number of carboxylic acid groups (broad SMARTS) is 1. The Bertz CT molecular complexity index is 854. The van der Waals surface area contributed by atoms with E-state index in [-0.39, 0.29) is 12.5 Å². The van der Waals surface area contributed by atoms with Crippen LogP contribution < -0.4 is 15.0 Å². The van der Waals surface area contributed by atoms with Crippen molar-refractivity contribution in [1.29, 1.82) is 0 Å². The summed E-state index contributed by atoms with van der Waals surface area (Å²) in [6.07, 6.45) is 3.45. The molecule has 2 amide bonds. The van der Waals surface area contributed by atoms with Crippen molar-refractivity contribution in [2.75, 3.05) is 25.1 Å². The molecule has 7 nitrogen and oxygen atoms in total. The highest BCUT2D eigenvalue weighted by Gasteiger charge is 2.16. The van der Waals surface area contributed by atoms with E-state index in [0.717, 1.165) is 30.4 Å². The summed E-state index contributed by atoms with van der Waals surface area (Å²) in [5.41, 5.74) is 2.28. The average Bonchev–Trinajstić information content (AvgIpc) is 2.75. The van der Waals surface area contributed by atoms with Crippen molar-refractivity contribution < 1.29 is 19.4 Å². The van der Waals surface area contributed by atoms with Gasteiger partial charge in [-0.1, -0.05) is 38.0 Å². The fourth-order valence-corrected chi connectivity index (χ4v) is 3.14. The number of aromatic nitrogens is 1. The monoisotopic (exact) mass is 413 g/mol. The molecule has 0 aliphatic rings. The Hall–Kier alpha value is -3.09. The number of carboxylic acids is 1. The van der Waals surface area contributed by atoms with Crippen molar-refractivity contribution in [1.82, 2.24) is 10.3 Å². The smallest absolute Gasteiger partial charge is 0.322 e. The highest BCUT2D eigenvalue weighted by atomic mass is 16.5. The van der Waals surface area contributed by atoms with Gasteiger partial charge in [0.25, 0.3) is 0 Å². The Balaban J connectivity index is 2.29. The summed E-state index contributed by atoms with van der Waals surface area (Å²) in [5, 5.41) is 12.0. The second-order valence-corrected chi connectivity index (χ2v) is 6.99. The second-order valence-electron chi connectivity index (χ2n) is 6.99. The quantitative estimate of drug-likeness (QED) is 0.529. The molecule has 162 valence electrons. The van der Waals surface area contributed by atoms with Crippen LogP contribution in [0.15, 0.2) is 36.4 Å². The summed E-state index contributed by atoms with van der Waals surface area (Å²) in [5.74, 6) is 0.311. The number of amides is 2. The molecule has 0 fully saturated rings. The van der Waals surface area contributed by atoms with Gasteiger partial charge in [0.2, 0.25) is 0 Å². The van der Waals surface area contributed by atoms with Gasteiger partial charge in [0, 0.05) is 31.1 Å². The molecule has 0 aliphatic heterocycles. The van der Waals surface area contributed by atoms with E-state index in [1.54, 1.807) is 13.1 Å². The van der Waals surface area contributed by atoms with Gasteiger partial charge in [-0.25, -0.2) is 9.78 Å². The number of rotatable bonds is 11. The van der Waals surface area contributed by atoms with Crippen LogP contribution in [0.5, 0.6) is 5.75 Å². The Kier molecular flexibility index (Phi) is 9.12. The van der Waals surface area contributed by atoms with E-state index in [1.165, 1.54) is 4.90 Å². The van der Waals surface area contributed by atoms with Gasteiger partial charge in [-0.3, -0.25) is 9.69 Å². The van der Waals surface area contributed by atoms with Gasteiger partial charge in [0.15, 0.2) is 0 Å². The minimum Gasteiger partial charge on any atom is -0.494 e. The number of nitrogens with zero attached hydrogens (tertiary/aromatic N) is 2. The molecule has 0 radical (unpaired) electrons. The zero-order chi connectivity index (χ0) is 21.9. The van der Waals surface area contributed by atoms with Crippen LogP contribution in [0.3, 0.4) is 0 Å². The lowest BCUT2D eigenvalue weighted by Gasteiger charge is -2.19. The lowest BCUT2D eigenvalue weighted by Crippen LogP contribution is -2.38. The first-order chi connectivity index (χ1) is 14.5. The number of benzene rings is 1. The first-order valence-electron chi connectivity index (χ1n) is 10.4. The molecule has 1 aromatic heterocycles. The molecule has 1 aromatic carbocycles. The number of ether oxygens (including phenoxy) is 1. The fourth-order valence-electron chi connectivity index (χ4n) is 3.14. The Morgan fingerprint density at radius 1 is 1.13 bits per heavy atom. The largest absolute Gasteiger partial charge is 0.494 e. The van der Waals surface area contributed by atoms with Gasteiger partial charge in [-0.15, -0.1) is 0 Å². The topological polar surface area (TPSA) is 91.8 Å². The Morgan fingerprint density at radius 2 is 1.90 bits per heavy atom. The van der Waals surface area contributed by atoms with E-state index in [9.17, 15) is 9.59 Å². The summed E-state index contributed by atoms with van der Waals surface area (Å²) in [7, 11) is 1.68. The molecule has 2 N–H and O–H groups in total.